The van der Waals surface area contributed by atoms with Crippen LogP contribution >= 0.6 is 23.1 Å². The van der Waals surface area contributed by atoms with Crippen LogP contribution in [0, 0.1) is 0 Å². The number of benzene rings is 2. The van der Waals surface area contributed by atoms with Gasteiger partial charge >= 0.3 is 0 Å². The van der Waals surface area contributed by atoms with Crippen LogP contribution in [0.1, 0.15) is 5.56 Å². The molecule has 3 aromatic rings. The van der Waals surface area contributed by atoms with Crippen molar-refractivity contribution in [3.63, 3.8) is 0 Å². The Bertz CT molecular complexity index is 789. The third-order valence-electron chi connectivity index (χ3n) is 3.56. The maximum atomic E-state index is 2.31. The van der Waals surface area contributed by atoms with Crippen LogP contribution in [0.5, 0.6) is 0 Å². The first-order valence-corrected chi connectivity index (χ1v) is 8.74. The van der Waals surface area contributed by atoms with Gasteiger partial charge in [-0.3, -0.25) is 0 Å². The lowest BCUT2D eigenvalue weighted by molar-refractivity contribution is -0.411. The number of rotatable bonds is 2. The minimum atomic E-state index is 0.958. The zero-order valence-corrected chi connectivity index (χ0v) is 13.0. The molecule has 1 nitrogen and oxygen atoms in total. The molecule has 0 N–H and O–H groups in total. The van der Waals surface area contributed by atoms with Gasteiger partial charge in [-0.2, -0.15) is 4.58 Å². The predicted molar refractivity (Wildman–Crippen MR) is 92.0 cm³/mol. The van der Waals surface area contributed by atoms with E-state index in [4.69, 9.17) is 0 Å². The molecular formula is C18H14NS2+. The molecular weight excluding hydrogens is 294 g/mol. The second-order valence-electron chi connectivity index (χ2n) is 4.91. The SMILES string of the molecule is C1=[N+](c2ccccc2)CSc2c1cccc2-c1cccs1. The summed E-state index contributed by atoms with van der Waals surface area (Å²) in [6, 6.07) is 21.4. The van der Waals surface area contributed by atoms with E-state index in [-0.39, 0.29) is 0 Å². The lowest BCUT2D eigenvalue weighted by Gasteiger charge is -2.14. The lowest BCUT2D eigenvalue weighted by Crippen LogP contribution is -2.12. The minimum Gasteiger partial charge on any atom is -0.188 e. The summed E-state index contributed by atoms with van der Waals surface area (Å²) in [6.07, 6.45) is 2.26. The summed E-state index contributed by atoms with van der Waals surface area (Å²) in [6.45, 7) is 0. The lowest BCUT2D eigenvalue weighted by atomic mass is 10.1. The Labute approximate surface area is 132 Å². The van der Waals surface area contributed by atoms with Crippen molar-refractivity contribution < 1.29 is 4.58 Å². The van der Waals surface area contributed by atoms with Gasteiger partial charge in [0.1, 0.15) is 0 Å². The van der Waals surface area contributed by atoms with Crippen molar-refractivity contribution in [2.45, 2.75) is 4.90 Å². The van der Waals surface area contributed by atoms with Gasteiger partial charge < -0.3 is 0 Å². The fraction of sp³-hybridized carbons (Fsp3) is 0.0556. The minimum absolute atomic E-state index is 0.958. The van der Waals surface area contributed by atoms with Crippen molar-refractivity contribution >= 4 is 35.0 Å². The first-order chi connectivity index (χ1) is 10.4. The molecule has 102 valence electrons. The summed E-state index contributed by atoms with van der Waals surface area (Å²) in [7, 11) is 0. The third-order valence-corrected chi connectivity index (χ3v) is 5.62. The second kappa shape index (κ2) is 5.51. The van der Waals surface area contributed by atoms with Crippen molar-refractivity contribution in [3.05, 3.63) is 71.6 Å². The van der Waals surface area contributed by atoms with E-state index < -0.39 is 0 Å². The zero-order valence-electron chi connectivity index (χ0n) is 11.4. The molecule has 0 fully saturated rings. The van der Waals surface area contributed by atoms with Crippen LogP contribution in [0.2, 0.25) is 0 Å². The summed E-state index contributed by atoms with van der Waals surface area (Å²) in [5.41, 5.74) is 3.91. The molecule has 2 heterocycles. The van der Waals surface area contributed by atoms with Gasteiger partial charge in [0.15, 0.2) is 12.1 Å². The smallest absolute Gasteiger partial charge is 0.188 e. The van der Waals surface area contributed by atoms with Gasteiger partial charge in [0, 0.05) is 27.5 Å². The average molecular weight is 308 g/mol. The molecule has 3 heteroatoms. The standard InChI is InChI=1S/C18H14NS2/c1-2-7-15(8-3-1)19-12-14-6-4-9-16(18(14)21-13-19)17-10-5-11-20-17/h1-12H,13H2/q+1. The van der Waals surface area contributed by atoms with Gasteiger partial charge in [0.2, 0.25) is 5.69 Å². The molecule has 21 heavy (non-hydrogen) atoms. The summed E-state index contributed by atoms with van der Waals surface area (Å²) in [5, 5.41) is 2.14. The summed E-state index contributed by atoms with van der Waals surface area (Å²) < 4.78 is 2.31. The number of fused-ring (bicyclic) bond motifs is 1. The van der Waals surface area contributed by atoms with Crippen molar-refractivity contribution in [1.29, 1.82) is 0 Å². The summed E-state index contributed by atoms with van der Waals surface area (Å²) in [4.78, 5) is 2.74. The topological polar surface area (TPSA) is 3.01 Å². The molecule has 0 radical (unpaired) electrons. The van der Waals surface area contributed by atoms with Crippen molar-refractivity contribution in [2.75, 3.05) is 5.88 Å². The summed E-state index contributed by atoms with van der Waals surface area (Å²) >= 11 is 3.72. The Balaban J connectivity index is 1.81. The van der Waals surface area contributed by atoms with Gasteiger partial charge in [0.25, 0.3) is 0 Å². The van der Waals surface area contributed by atoms with E-state index in [0.29, 0.717) is 0 Å². The zero-order chi connectivity index (χ0) is 14.1. The number of hydrogen-bond acceptors (Lipinski definition) is 2. The van der Waals surface area contributed by atoms with E-state index in [1.807, 2.05) is 11.8 Å². The summed E-state index contributed by atoms with van der Waals surface area (Å²) in [5.74, 6) is 0.958. The average Bonchev–Trinajstić information content (AvgIpc) is 3.09. The van der Waals surface area contributed by atoms with E-state index in [1.54, 1.807) is 11.3 Å². The van der Waals surface area contributed by atoms with Crippen LogP contribution in [-0.4, -0.2) is 16.7 Å². The molecule has 4 rings (SSSR count). The maximum Gasteiger partial charge on any atom is 0.205 e. The Morgan fingerprint density at radius 1 is 0.857 bits per heavy atom. The molecule has 0 saturated heterocycles. The van der Waals surface area contributed by atoms with Crippen molar-refractivity contribution in [2.24, 2.45) is 0 Å². The predicted octanol–water partition coefficient (Wildman–Crippen LogP) is 5.24. The van der Waals surface area contributed by atoms with Gasteiger partial charge in [-0.05, 0) is 17.5 Å². The molecule has 0 aliphatic carbocycles. The number of thiophene rings is 1. The van der Waals surface area contributed by atoms with Crippen LogP contribution in [-0.2, 0) is 0 Å². The highest BCUT2D eigenvalue weighted by Crippen LogP contribution is 2.38. The molecule has 0 atom stereocenters. The molecule has 2 aromatic carbocycles. The maximum absolute atomic E-state index is 2.31. The largest absolute Gasteiger partial charge is 0.205 e. The highest BCUT2D eigenvalue weighted by molar-refractivity contribution is 7.99. The van der Waals surface area contributed by atoms with Gasteiger partial charge in [0.05, 0.1) is 5.56 Å². The van der Waals surface area contributed by atoms with Crippen LogP contribution in [0.3, 0.4) is 0 Å². The van der Waals surface area contributed by atoms with Crippen LogP contribution in [0.4, 0.5) is 5.69 Å². The Morgan fingerprint density at radius 2 is 1.76 bits per heavy atom. The Morgan fingerprint density at radius 3 is 2.57 bits per heavy atom. The highest BCUT2D eigenvalue weighted by atomic mass is 32.2. The monoisotopic (exact) mass is 308 g/mol. The van der Waals surface area contributed by atoms with Gasteiger partial charge in [-0.25, -0.2) is 0 Å². The van der Waals surface area contributed by atoms with E-state index >= 15 is 0 Å². The fourth-order valence-electron chi connectivity index (χ4n) is 2.55. The molecule has 1 aromatic heterocycles. The number of hydrogen-bond donors (Lipinski definition) is 0. The first-order valence-electron chi connectivity index (χ1n) is 6.88. The van der Waals surface area contributed by atoms with E-state index in [1.165, 1.54) is 26.6 Å². The third kappa shape index (κ3) is 2.43. The molecule has 0 unspecified atom stereocenters. The Kier molecular flexibility index (Phi) is 3.37. The number of nitrogens with zero attached hydrogens (tertiary/aromatic N) is 1. The highest BCUT2D eigenvalue weighted by Gasteiger charge is 2.21. The normalized spacial score (nSPS) is 13.6. The molecule has 1 aliphatic rings. The number of thioether (sulfide) groups is 1. The van der Waals surface area contributed by atoms with E-state index in [9.17, 15) is 0 Å². The van der Waals surface area contributed by atoms with Crippen molar-refractivity contribution in [1.82, 2.24) is 0 Å². The van der Waals surface area contributed by atoms with E-state index in [0.717, 1.165) is 5.88 Å². The van der Waals surface area contributed by atoms with Crippen molar-refractivity contribution in [3.8, 4) is 10.4 Å². The van der Waals surface area contributed by atoms with E-state index in [2.05, 4.69) is 76.8 Å². The fourth-order valence-corrected chi connectivity index (χ4v) is 4.49. The molecule has 0 amide bonds. The quantitative estimate of drug-likeness (QED) is 0.585. The van der Waals surface area contributed by atoms with Gasteiger partial charge in [-0.15, -0.1) is 11.3 Å². The molecule has 0 spiro atoms. The van der Waals surface area contributed by atoms with Crippen LogP contribution in [0.25, 0.3) is 10.4 Å². The molecule has 0 bridgehead atoms. The first kappa shape index (κ1) is 12.9. The van der Waals surface area contributed by atoms with Crippen LogP contribution < -0.4 is 0 Å². The Hall–Kier alpha value is -1.84. The molecule has 1 aliphatic heterocycles. The molecule has 0 saturated carbocycles. The van der Waals surface area contributed by atoms with Crippen LogP contribution in [0.15, 0.2) is 70.9 Å². The second-order valence-corrected chi connectivity index (χ2v) is 6.81. The van der Waals surface area contributed by atoms with Gasteiger partial charge in [-0.1, -0.05) is 48.2 Å². The number of para-hydroxylation sites is 1.